The summed E-state index contributed by atoms with van der Waals surface area (Å²) in [6.45, 7) is 1.98. The van der Waals surface area contributed by atoms with Crippen molar-refractivity contribution in [3.63, 3.8) is 0 Å². The Morgan fingerprint density at radius 1 is 1.33 bits per heavy atom. The van der Waals surface area contributed by atoms with E-state index in [4.69, 9.17) is 16.7 Å². The van der Waals surface area contributed by atoms with E-state index in [1.165, 1.54) is 29.2 Å². The van der Waals surface area contributed by atoms with E-state index in [1.54, 1.807) is 6.92 Å². The Morgan fingerprint density at radius 3 is 2.50 bits per heavy atom. The highest BCUT2D eigenvalue weighted by Crippen LogP contribution is 2.29. The molecule has 1 atom stereocenters. The first kappa shape index (κ1) is 18.5. The van der Waals surface area contributed by atoms with Gasteiger partial charge >= 0.3 is 12.0 Å². The summed E-state index contributed by atoms with van der Waals surface area (Å²) in [6, 6.07) is 5.36. The third-order valence-corrected chi connectivity index (χ3v) is 6.08. The minimum atomic E-state index is -3.52. The molecule has 0 saturated carbocycles. The van der Waals surface area contributed by atoms with Crippen LogP contribution in [0.25, 0.3) is 0 Å². The fourth-order valence-corrected chi connectivity index (χ4v) is 3.76. The number of carbonyl (C=O) groups is 2. The molecule has 1 unspecified atom stereocenters. The fraction of sp³-hybridized carbons (Fsp3) is 0.467. The lowest BCUT2D eigenvalue weighted by Gasteiger charge is -2.20. The number of likely N-dealkylation sites (tertiary alicyclic amines) is 1. The average Bonchev–Trinajstić information content (AvgIpc) is 2.91. The molecule has 7 nitrogen and oxygen atoms in total. The minimum Gasteiger partial charge on any atom is -0.481 e. The molecule has 0 bridgehead atoms. The quantitative estimate of drug-likeness (QED) is 0.815. The fourth-order valence-electron chi connectivity index (χ4n) is 2.47. The molecule has 1 aromatic carbocycles. The van der Waals surface area contributed by atoms with Crippen LogP contribution in [0, 0.1) is 5.41 Å². The number of aliphatic carboxylic acids is 1. The number of halogens is 1. The number of carboxylic acid groups (broad SMARTS) is 1. The molecule has 1 saturated heterocycles. The van der Waals surface area contributed by atoms with E-state index >= 15 is 0 Å². The number of rotatable bonds is 5. The predicted molar refractivity (Wildman–Crippen MR) is 88.8 cm³/mol. The van der Waals surface area contributed by atoms with Crippen molar-refractivity contribution in [3.8, 4) is 0 Å². The molecule has 0 spiro atoms. The van der Waals surface area contributed by atoms with Gasteiger partial charge in [-0.1, -0.05) is 11.6 Å². The number of carboxylic acids is 1. The molecule has 1 fully saturated rings. The molecular weight excluding hydrogens is 356 g/mol. The van der Waals surface area contributed by atoms with E-state index in [-0.39, 0.29) is 23.7 Å². The van der Waals surface area contributed by atoms with Crippen LogP contribution < -0.4 is 5.32 Å². The van der Waals surface area contributed by atoms with Crippen LogP contribution in [0.4, 0.5) is 4.79 Å². The summed E-state index contributed by atoms with van der Waals surface area (Å²) < 4.78 is 24.3. The Balaban J connectivity index is 1.87. The van der Waals surface area contributed by atoms with Gasteiger partial charge in [-0.3, -0.25) is 4.79 Å². The summed E-state index contributed by atoms with van der Waals surface area (Å²) in [5.41, 5.74) is -0.952. The average molecular weight is 375 g/mol. The van der Waals surface area contributed by atoms with Crippen molar-refractivity contribution in [2.24, 2.45) is 5.41 Å². The highest BCUT2D eigenvalue weighted by Gasteiger charge is 2.42. The largest absolute Gasteiger partial charge is 0.481 e. The van der Waals surface area contributed by atoms with Gasteiger partial charge in [0, 0.05) is 24.7 Å². The number of benzene rings is 1. The van der Waals surface area contributed by atoms with Crippen molar-refractivity contribution < 1.29 is 23.1 Å². The Morgan fingerprint density at radius 2 is 1.96 bits per heavy atom. The Labute approximate surface area is 145 Å². The maximum absolute atomic E-state index is 12.2. The van der Waals surface area contributed by atoms with Crippen LogP contribution in [-0.4, -0.2) is 55.8 Å². The number of nitrogens with zero attached hydrogens (tertiary/aromatic N) is 1. The van der Waals surface area contributed by atoms with Gasteiger partial charge in [0.05, 0.1) is 16.1 Å². The molecule has 132 valence electrons. The number of urea groups is 1. The lowest BCUT2D eigenvalue weighted by Crippen LogP contribution is -2.42. The number of sulfone groups is 1. The van der Waals surface area contributed by atoms with Crippen LogP contribution in [0.5, 0.6) is 0 Å². The first-order valence-electron chi connectivity index (χ1n) is 7.39. The van der Waals surface area contributed by atoms with Crippen LogP contribution >= 0.6 is 11.6 Å². The van der Waals surface area contributed by atoms with Crippen molar-refractivity contribution in [3.05, 3.63) is 29.3 Å². The van der Waals surface area contributed by atoms with Gasteiger partial charge < -0.3 is 15.3 Å². The highest BCUT2D eigenvalue weighted by molar-refractivity contribution is 7.91. The molecule has 1 aromatic rings. The van der Waals surface area contributed by atoms with Crippen molar-refractivity contribution in [1.29, 1.82) is 0 Å². The lowest BCUT2D eigenvalue weighted by atomic mass is 9.90. The smallest absolute Gasteiger partial charge is 0.317 e. The molecule has 0 aliphatic carbocycles. The van der Waals surface area contributed by atoms with Crippen molar-refractivity contribution in [1.82, 2.24) is 10.2 Å². The molecule has 1 heterocycles. The SMILES string of the molecule is CC1(C(=O)O)CCN(C(=O)NCCS(=O)(=O)c2ccc(Cl)cc2)C1. The van der Waals surface area contributed by atoms with Gasteiger partial charge in [-0.2, -0.15) is 0 Å². The van der Waals surface area contributed by atoms with Crippen LogP contribution in [0.3, 0.4) is 0 Å². The van der Waals surface area contributed by atoms with Gasteiger partial charge in [0.1, 0.15) is 0 Å². The first-order valence-corrected chi connectivity index (χ1v) is 9.42. The van der Waals surface area contributed by atoms with Gasteiger partial charge in [0.25, 0.3) is 0 Å². The van der Waals surface area contributed by atoms with Crippen LogP contribution in [0.1, 0.15) is 13.3 Å². The molecule has 2 N–H and O–H groups in total. The normalized spacial score (nSPS) is 20.8. The summed E-state index contributed by atoms with van der Waals surface area (Å²) in [7, 11) is -3.52. The second kappa shape index (κ2) is 6.98. The molecule has 0 radical (unpaired) electrons. The first-order chi connectivity index (χ1) is 11.1. The van der Waals surface area contributed by atoms with Gasteiger partial charge in [0.15, 0.2) is 9.84 Å². The van der Waals surface area contributed by atoms with Crippen molar-refractivity contribution in [2.75, 3.05) is 25.4 Å². The van der Waals surface area contributed by atoms with Crippen LogP contribution in [-0.2, 0) is 14.6 Å². The third-order valence-electron chi connectivity index (χ3n) is 4.10. The summed E-state index contributed by atoms with van der Waals surface area (Å²) in [5, 5.41) is 12.1. The number of carbonyl (C=O) groups excluding carboxylic acids is 1. The monoisotopic (exact) mass is 374 g/mol. The van der Waals surface area contributed by atoms with Crippen LogP contribution in [0.2, 0.25) is 5.02 Å². The number of hydrogen-bond acceptors (Lipinski definition) is 4. The number of hydrogen-bond donors (Lipinski definition) is 2. The van der Waals surface area contributed by atoms with Crippen LogP contribution in [0.15, 0.2) is 29.2 Å². The van der Waals surface area contributed by atoms with Gasteiger partial charge in [-0.15, -0.1) is 0 Å². The van der Waals surface area contributed by atoms with E-state index in [2.05, 4.69) is 5.32 Å². The molecule has 2 rings (SSSR count). The second-order valence-electron chi connectivity index (χ2n) is 6.04. The van der Waals surface area contributed by atoms with Gasteiger partial charge in [-0.05, 0) is 37.6 Å². The molecule has 9 heteroatoms. The Hall–Kier alpha value is -1.80. The van der Waals surface area contributed by atoms with E-state index in [1.807, 2.05) is 0 Å². The van der Waals surface area contributed by atoms with Gasteiger partial charge in [0.2, 0.25) is 0 Å². The zero-order valence-electron chi connectivity index (χ0n) is 13.2. The summed E-state index contributed by atoms with van der Waals surface area (Å²) in [6.07, 6.45) is 0.374. The molecule has 24 heavy (non-hydrogen) atoms. The zero-order chi connectivity index (χ0) is 18.0. The Kier molecular flexibility index (Phi) is 5.39. The van der Waals surface area contributed by atoms with E-state index < -0.39 is 27.3 Å². The Bertz CT molecular complexity index is 735. The van der Waals surface area contributed by atoms with Crippen molar-refractivity contribution in [2.45, 2.75) is 18.2 Å². The standard InChI is InChI=1S/C15H19ClN2O5S/c1-15(13(19)20)6-8-18(10-15)14(21)17-7-9-24(22,23)12-4-2-11(16)3-5-12/h2-5H,6-10H2,1H3,(H,17,21)(H,19,20). The van der Waals surface area contributed by atoms with Crippen molar-refractivity contribution >= 4 is 33.4 Å². The second-order valence-corrected chi connectivity index (χ2v) is 8.59. The predicted octanol–water partition coefficient (Wildman–Crippen LogP) is 1.62. The summed E-state index contributed by atoms with van der Waals surface area (Å²) in [4.78, 5) is 24.7. The number of nitrogens with one attached hydrogen (secondary N) is 1. The van der Waals surface area contributed by atoms with E-state index in [0.29, 0.717) is 18.0 Å². The van der Waals surface area contributed by atoms with Gasteiger partial charge in [-0.25, -0.2) is 13.2 Å². The molecule has 1 aliphatic rings. The topological polar surface area (TPSA) is 104 Å². The van der Waals surface area contributed by atoms with E-state index in [9.17, 15) is 18.0 Å². The molecular formula is C15H19ClN2O5S. The summed E-state index contributed by atoms with van der Waals surface area (Å²) >= 11 is 5.73. The number of amides is 2. The minimum absolute atomic E-state index is 0.0515. The highest BCUT2D eigenvalue weighted by atomic mass is 35.5. The maximum Gasteiger partial charge on any atom is 0.317 e. The third kappa shape index (κ3) is 4.18. The molecule has 2 amide bonds. The lowest BCUT2D eigenvalue weighted by molar-refractivity contribution is -0.147. The molecule has 1 aliphatic heterocycles. The zero-order valence-corrected chi connectivity index (χ0v) is 14.7. The molecule has 0 aromatic heterocycles. The van der Waals surface area contributed by atoms with E-state index in [0.717, 1.165) is 0 Å². The summed E-state index contributed by atoms with van der Waals surface area (Å²) in [5.74, 6) is -1.19. The maximum atomic E-state index is 12.2.